The third kappa shape index (κ3) is 4.24. The van der Waals surface area contributed by atoms with Gasteiger partial charge in [-0.3, -0.25) is 4.79 Å². The highest BCUT2D eigenvalue weighted by Gasteiger charge is 2.20. The minimum absolute atomic E-state index is 0.221. The number of nitrogens with zero attached hydrogens (tertiary/aromatic N) is 1. The predicted molar refractivity (Wildman–Crippen MR) is 69.1 cm³/mol. The molecule has 17 heavy (non-hydrogen) atoms. The van der Waals surface area contributed by atoms with Crippen LogP contribution in [0.25, 0.3) is 0 Å². The molecule has 0 atom stereocenters. The van der Waals surface area contributed by atoms with Crippen molar-refractivity contribution < 1.29 is 9.90 Å². The summed E-state index contributed by atoms with van der Waals surface area (Å²) in [6.07, 6.45) is 0. The SMILES string of the molecule is CN(CC(C)(C)O)C(=O)c1cc(N)cc(Cl)c1. The van der Waals surface area contributed by atoms with Crippen LogP contribution in [-0.4, -0.2) is 35.1 Å². The lowest BCUT2D eigenvalue weighted by Gasteiger charge is -2.25. The molecule has 0 aliphatic rings. The number of carbonyl (C=O) groups is 1. The van der Waals surface area contributed by atoms with Crippen molar-refractivity contribution >= 4 is 23.2 Å². The fraction of sp³-hybridized carbons (Fsp3) is 0.417. The normalized spacial score (nSPS) is 11.4. The lowest BCUT2D eigenvalue weighted by molar-refractivity contribution is 0.0368. The van der Waals surface area contributed by atoms with Crippen LogP contribution in [0.15, 0.2) is 18.2 Å². The number of nitrogen functional groups attached to an aromatic ring is 1. The van der Waals surface area contributed by atoms with Crippen molar-refractivity contribution in [3.05, 3.63) is 28.8 Å². The molecule has 4 nitrogen and oxygen atoms in total. The summed E-state index contributed by atoms with van der Waals surface area (Å²) in [5.74, 6) is -0.221. The second-order valence-corrected chi connectivity index (χ2v) is 5.18. The van der Waals surface area contributed by atoms with Gasteiger partial charge >= 0.3 is 0 Å². The number of amides is 1. The predicted octanol–water partition coefficient (Wildman–Crippen LogP) is 1.77. The van der Waals surface area contributed by atoms with Gasteiger partial charge in [0, 0.05) is 29.9 Å². The topological polar surface area (TPSA) is 66.6 Å². The number of aliphatic hydroxyl groups is 1. The standard InChI is InChI=1S/C12H17ClN2O2/c1-12(2,17)7-15(3)11(16)8-4-9(13)6-10(14)5-8/h4-6,17H,7,14H2,1-3H3. The van der Waals surface area contributed by atoms with Gasteiger partial charge in [0.2, 0.25) is 0 Å². The lowest BCUT2D eigenvalue weighted by Crippen LogP contribution is -2.39. The third-order valence-corrected chi connectivity index (χ3v) is 2.36. The Morgan fingerprint density at radius 1 is 1.47 bits per heavy atom. The monoisotopic (exact) mass is 256 g/mol. The molecular weight excluding hydrogens is 240 g/mol. The highest BCUT2D eigenvalue weighted by atomic mass is 35.5. The van der Waals surface area contributed by atoms with Gasteiger partial charge in [-0.2, -0.15) is 0 Å². The zero-order valence-corrected chi connectivity index (χ0v) is 11.0. The lowest BCUT2D eigenvalue weighted by atomic mass is 10.1. The second-order valence-electron chi connectivity index (χ2n) is 4.75. The first kappa shape index (κ1) is 13.8. The molecule has 0 aliphatic heterocycles. The molecule has 0 aromatic heterocycles. The van der Waals surface area contributed by atoms with E-state index >= 15 is 0 Å². The van der Waals surface area contributed by atoms with E-state index in [1.54, 1.807) is 39.1 Å². The van der Waals surface area contributed by atoms with Gasteiger partial charge in [-0.1, -0.05) is 11.6 Å². The van der Waals surface area contributed by atoms with Crippen LogP contribution in [0.4, 0.5) is 5.69 Å². The van der Waals surface area contributed by atoms with E-state index in [0.29, 0.717) is 16.3 Å². The average Bonchev–Trinajstić information content (AvgIpc) is 2.12. The van der Waals surface area contributed by atoms with E-state index in [-0.39, 0.29) is 12.5 Å². The van der Waals surface area contributed by atoms with Crippen LogP contribution in [0.3, 0.4) is 0 Å². The highest BCUT2D eigenvalue weighted by Crippen LogP contribution is 2.18. The molecule has 1 amide bonds. The molecule has 94 valence electrons. The fourth-order valence-corrected chi connectivity index (χ4v) is 1.85. The number of rotatable bonds is 3. The molecule has 0 bridgehead atoms. The first-order valence-corrected chi connectivity index (χ1v) is 5.61. The summed E-state index contributed by atoms with van der Waals surface area (Å²) >= 11 is 5.83. The summed E-state index contributed by atoms with van der Waals surface area (Å²) in [6.45, 7) is 3.52. The quantitative estimate of drug-likeness (QED) is 0.810. The van der Waals surface area contributed by atoms with Gasteiger partial charge in [0.15, 0.2) is 0 Å². The van der Waals surface area contributed by atoms with Gasteiger partial charge < -0.3 is 15.7 Å². The molecule has 5 heteroatoms. The molecule has 0 heterocycles. The number of anilines is 1. The van der Waals surface area contributed by atoms with Gasteiger partial charge in [0.05, 0.1) is 5.60 Å². The minimum Gasteiger partial charge on any atom is -0.399 e. The van der Waals surface area contributed by atoms with Crippen LogP contribution in [0, 0.1) is 0 Å². The van der Waals surface area contributed by atoms with Crippen molar-refractivity contribution in [2.45, 2.75) is 19.4 Å². The Hall–Kier alpha value is -1.26. The summed E-state index contributed by atoms with van der Waals surface area (Å²) < 4.78 is 0. The van der Waals surface area contributed by atoms with Crippen molar-refractivity contribution in [2.24, 2.45) is 0 Å². The molecule has 0 spiro atoms. The molecule has 0 saturated heterocycles. The van der Waals surface area contributed by atoms with Crippen molar-refractivity contribution in [1.29, 1.82) is 0 Å². The Kier molecular flexibility index (Phi) is 4.01. The van der Waals surface area contributed by atoms with Gasteiger partial charge in [-0.05, 0) is 32.0 Å². The molecule has 0 unspecified atom stereocenters. The van der Waals surface area contributed by atoms with E-state index in [9.17, 15) is 9.90 Å². The van der Waals surface area contributed by atoms with Crippen LogP contribution in [0.5, 0.6) is 0 Å². The fourth-order valence-electron chi connectivity index (χ4n) is 1.61. The van der Waals surface area contributed by atoms with Gasteiger partial charge in [-0.25, -0.2) is 0 Å². The molecule has 0 radical (unpaired) electrons. The first-order chi connectivity index (χ1) is 7.69. The van der Waals surface area contributed by atoms with E-state index in [2.05, 4.69) is 0 Å². The summed E-state index contributed by atoms with van der Waals surface area (Å²) in [6, 6.07) is 4.70. The Morgan fingerprint density at radius 3 is 2.53 bits per heavy atom. The summed E-state index contributed by atoms with van der Waals surface area (Å²) in [5, 5.41) is 10.1. The van der Waals surface area contributed by atoms with Crippen LogP contribution in [0.2, 0.25) is 5.02 Å². The number of carbonyl (C=O) groups excluding carboxylic acids is 1. The summed E-state index contributed by atoms with van der Waals surface area (Å²) in [5.41, 5.74) is 5.54. The molecular formula is C12H17ClN2O2. The third-order valence-electron chi connectivity index (χ3n) is 2.14. The summed E-state index contributed by atoms with van der Waals surface area (Å²) in [7, 11) is 1.62. The van der Waals surface area contributed by atoms with Crippen molar-refractivity contribution in [1.82, 2.24) is 4.90 Å². The number of nitrogens with two attached hydrogens (primary N) is 1. The Morgan fingerprint density at radius 2 is 2.06 bits per heavy atom. The maximum absolute atomic E-state index is 12.0. The van der Waals surface area contributed by atoms with Crippen molar-refractivity contribution in [3.8, 4) is 0 Å². The average molecular weight is 257 g/mol. The number of benzene rings is 1. The molecule has 1 rings (SSSR count). The maximum Gasteiger partial charge on any atom is 0.253 e. The van der Waals surface area contributed by atoms with E-state index < -0.39 is 5.60 Å². The second kappa shape index (κ2) is 4.94. The first-order valence-electron chi connectivity index (χ1n) is 5.23. The number of hydrogen-bond donors (Lipinski definition) is 2. The zero-order chi connectivity index (χ0) is 13.2. The van der Waals surface area contributed by atoms with Crippen LogP contribution < -0.4 is 5.73 Å². The molecule has 1 aromatic carbocycles. The maximum atomic E-state index is 12.0. The highest BCUT2D eigenvalue weighted by molar-refractivity contribution is 6.31. The van der Waals surface area contributed by atoms with E-state index in [4.69, 9.17) is 17.3 Å². The molecule has 1 aromatic rings. The smallest absolute Gasteiger partial charge is 0.253 e. The largest absolute Gasteiger partial charge is 0.399 e. The number of halogens is 1. The van der Waals surface area contributed by atoms with Crippen molar-refractivity contribution in [2.75, 3.05) is 19.3 Å². The minimum atomic E-state index is -0.936. The van der Waals surface area contributed by atoms with E-state index in [1.807, 2.05) is 0 Å². The van der Waals surface area contributed by atoms with Crippen LogP contribution in [0.1, 0.15) is 24.2 Å². The number of likely N-dealkylation sites (N-methyl/N-ethyl adjacent to an activating group) is 1. The van der Waals surface area contributed by atoms with Gasteiger partial charge in [0.1, 0.15) is 0 Å². The van der Waals surface area contributed by atoms with E-state index in [1.165, 1.54) is 4.90 Å². The zero-order valence-electron chi connectivity index (χ0n) is 10.2. The Balaban J connectivity index is 2.89. The molecule has 0 aliphatic carbocycles. The Labute approximate surface area is 106 Å². The molecule has 0 fully saturated rings. The Bertz CT molecular complexity index is 407. The molecule has 3 N–H and O–H groups in total. The van der Waals surface area contributed by atoms with Crippen LogP contribution in [-0.2, 0) is 0 Å². The molecule has 0 saturated carbocycles. The van der Waals surface area contributed by atoms with Gasteiger partial charge in [-0.15, -0.1) is 0 Å². The number of hydrogen-bond acceptors (Lipinski definition) is 3. The van der Waals surface area contributed by atoms with Gasteiger partial charge in [0.25, 0.3) is 5.91 Å². The van der Waals surface area contributed by atoms with E-state index in [0.717, 1.165) is 0 Å². The van der Waals surface area contributed by atoms with Crippen molar-refractivity contribution in [3.63, 3.8) is 0 Å². The van der Waals surface area contributed by atoms with Crippen LogP contribution >= 0.6 is 11.6 Å². The summed E-state index contributed by atoms with van der Waals surface area (Å²) in [4.78, 5) is 13.5.